The monoisotopic (exact) mass is 304 g/mol. The predicted octanol–water partition coefficient (Wildman–Crippen LogP) is 4.39. The Labute approximate surface area is 135 Å². The van der Waals surface area contributed by atoms with E-state index in [1.54, 1.807) is 0 Å². The van der Waals surface area contributed by atoms with Gasteiger partial charge in [-0.1, -0.05) is 49.3 Å². The van der Waals surface area contributed by atoms with E-state index in [0.717, 1.165) is 37.7 Å². The van der Waals surface area contributed by atoms with E-state index in [1.807, 2.05) is 6.08 Å². The van der Waals surface area contributed by atoms with Crippen LogP contribution >= 0.6 is 0 Å². The Hall–Kier alpha value is -0.860. The van der Waals surface area contributed by atoms with Gasteiger partial charge in [-0.25, -0.2) is 0 Å². The van der Waals surface area contributed by atoms with Crippen LogP contribution in [0.1, 0.15) is 59.8 Å². The van der Waals surface area contributed by atoms with Gasteiger partial charge < -0.3 is 10.2 Å². The standard InChI is InChI=1S/C20H32O2/c1-13-7-6-8-14(2)11-17(21)19-16(4)20(5,10-9-13)15(3)12-18(19)22/h7,11,15,17-19,21-22H,4,6,8-10,12H2,1-3,5H3/b13-7+,14-11+/t15-,17-,18+,19-,20+/m1/s1. The fourth-order valence-electron chi connectivity index (χ4n) is 4.12. The van der Waals surface area contributed by atoms with Gasteiger partial charge in [-0.15, -0.1) is 0 Å². The summed E-state index contributed by atoms with van der Waals surface area (Å²) in [4.78, 5) is 0. The molecule has 0 saturated heterocycles. The number of hydrogen-bond donors (Lipinski definition) is 2. The maximum atomic E-state index is 10.7. The first kappa shape index (κ1) is 17.5. The van der Waals surface area contributed by atoms with Gasteiger partial charge in [0.25, 0.3) is 0 Å². The molecule has 0 aromatic rings. The molecular formula is C20H32O2. The third-order valence-electron chi connectivity index (χ3n) is 6.13. The van der Waals surface area contributed by atoms with Crippen molar-refractivity contribution >= 4 is 0 Å². The minimum Gasteiger partial charge on any atom is -0.392 e. The molecule has 2 bridgehead atoms. The normalized spacial score (nSPS) is 45.8. The lowest BCUT2D eigenvalue weighted by Gasteiger charge is -2.49. The quantitative estimate of drug-likeness (QED) is 0.651. The van der Waals surface area contributed by atoms with Crippen LogP contribution in [0.25, 0.3) is 0 Å². The maximum Gasteiger partial charge on any atom is 0.0813 e. The average molecular weight is 304 g/mol. The van der Waals surface area contributed by atoms with Gasteiger partial charge in [0.2, 0.25) is 0 Å². The Morgan fingerprint density at radius 2 is 1.86 bits per heavy atom. The number of aliphatic hydroxyl groups is 2. The topological polar surface area (TPSA) is 40.5 Å². The van der Waals surface area contributed by atoms with Gasteiger partial charge in [-0.2, -0.15) is 0 Å². The van der Waals surface area contributed by atoms with Crippen LogP contribution in [-0.2, 0) is 0 Å². The van der Waals surface area contributed by atoms with E-state index >= 15 is 0 Å². The van der Waals surface area contributed by atoms with Crippen LogP contribution in [0.3, 0.4) is 0 Å². The number of allylic oxidation sites excluding steroid dienone is 3. The predicted molar refractivity (Wildman–Crippen MR) is 92.5 cm³/mol. The smallest absolute Gasteiger partial charge is 0.0813 e. The van der Waals surface area contributed by atoms with Crippen molar-refractivity contribution in [3.8, 4) is 0 Å². The number of fused-ring (bicyclic) bond motifs is 2. The van der Waals surface area contributed by atoms with Crippen molar-refractivity contribution in [2.75, 3.05) is 0 Å². The van der Waals surface area contributed by atoms with Gasteiger partial charge in [0.05, 0.1) is 12.2 Å². The lowest BCUT2D eigenvalue weighted by atomic mass is 9.57. The SMILES string of the molecule is C=C1[C@@H]2[C@H](O)/C=C(\C)CC/C=C(\C)CC[C@@]1(C)[C@H](C)C[C@@H]2O. The molecule has 0 heterocycles. The molecule has 1 fully saturated rings. The fourth-order valence-corrected chi connectivity index (χ4v) is 4.12. The summed E-state index contributed by atoms with van der Waals surface area (Å²) in [5.41, 5.74) is 3.65. The molecule has 2 heteroatoms. The molecule has 0 unspecified atom stereocenters. The molecule has 0 aliphatic heterocycles. The van der Waals surface area contributed by atoms with Crippen molar-refractivity contribution < 1.29 is 10.2 Å². The third-order valence-corrected chi connectivity index (χ3v) is 6.13. The molecule has 2 N–H and O–H groups in total. The van der Waals surface area contributed by atoms with Crippen LogP contribution in [0.4, 0.5) is 0 Å². The lowest BCUT2D eigenvalue weighted by Crippen LogP contribution is -2.47. The van der Waals surface area contributed by atoms with E-state index in [2.05, 4.69) is 40.3 Å². The highest BCUT2D eigenvalue weighted by Gasteiger charge is 2.46. The van der Waals surface area contributed by atoms with Gasteiger partial charge in [-0.3, -0.25) is 0 Å². The minimum absolute atomic E-state index is 0.0130. The first-order chi connectivity index (χ1) is 10.3. The van der Waals surface area contributed by atoms with Gasteiger partial charge in [0, 0.05) is 5.92 Å². The number of aliphatic hydroxyl groups excluding tert-OH is 2. The molecule has 22 heavy (non-hydrogen) atoms. The van der Waals surface area contributed by atoms with Crippen molar-refractivity contribution in [1.82, 2.24) is 0 Å². The molecule has 0 aromatic heterocycles. The van der Waals surface area contributed by atoms with E-state index in [9.17, 15) is 10.2 Å². The van der Waals surface area contributed by atoms with Crippen molar-refractivity contribution in [3.63, 3.8) is 0 Å². The Balaban J connectivity index is 2.40. The van der Waals surface area contributed by atoms with E-state index < -0.39 is 12.2 Å². The molecule has 2 rings (SSSR count). The Kier molecular flexibility index (Phi) is 5.34. The van der Waals surface area contributed by atoms with Crippen molar-refractivity contribution in [1.29, 1.82) is 0 Å². The fraction of sp³-hybridized carbons (Fsp3) is 0.700. The zero-order chi connectivity index (χ0) is 16.5. The van der Waals surface area contributed by atoms with Crippen LogP contribution in [-0.4, -0.2) is 22.4 Å². The Morgan fingerprint density at radius 1 is 1.18 bits per heavy atom. The second kappa shape index (κ2) is 6.72. The van der Waals surface area contributed by atoms with E-state index in [1.165, 1.54) is 11.1 Å². The molecule has 2 aliphatic rings. The number of hydrogen-bond acceptors (Lipinski definition) is 2. The molecule has 2 nitrogen and oxygen atoms in total. The average Bonchev–Trinajstić information content (AvgIpc) is 2.42. The first-order valence-corrected chi connectivity index (χ1v) is 8.64. The Bertz CT molecular complexity index is 488. The second-order valence-electron chi connectivity index (χ2n) is 7.77. The van der Waals surface area contributed by atoms with Crippen LogP contribution in [0, 0.1) is 17.3 Å². The van der Waals surface area contributed by atoms with Gasteiger partial charge in [0.1, 0.15) is 0 Å². The van der Waals surface area contributed by atoms with Crippen molar-refractivity contribution in [2.45, 2.75) is 72.0 Å². The molecule has 0 spiro atoms. The zero-order valence-electron chi connectivity index (χ0n) is 14.6. The summed E-state index contributed by atoms with van der Waals surface area (Å²) in [7, 11) is 0. The van der Waals surface area contributed by atoms with Crippen molar-refractivity contribution in [3.05, 3.63) is 35.5 Å². The van der Waals surface area contributed by atoms with Gasteiger partial charge in [0.15, 0.2) is 0 Å². The zero-order valence-corrected chi connectivity index (χ0v) is 14.6. The minimum atomic E-state index is -0.626. The van der Waals surface area contributed by atoms with Crippen molar-refractivity contribution in [2.24, 2.45) is 17.3 Å². The highest BCUT2D eigenvalue weighted by atomic mass is 16.3. The first-order valence-electron chi connectivity index (χ1n) is 8.64. The highest BCUT2D eigenvalue weighted by Crippen LogP contribution is 2.51. The van der Waals surface area contributed by atoms with E-state index in [0.29, 0.717) is 5.92 Å². The van der Waals surface area contributed by atoms with Crippen LogP contribution in [0.5, 0.6) is 0 Å². The van der Waals surface area contributed by atoms with Gasteiger partial charge >= 0.3 is 0 Å². The molecule has 1 saturated carbocycles. The second-order valence-corrected chi connectivity index (χ2v) is 7.77. The summed E-state index contributed by atoms with van der Waals surface area (Å²) in [5, 5.41) is 21.2. The summed E-state index contributed by atoms with van der Waals surface area (Å²) in [5.74, 6) is 0.152. The Morgan fingerprint density at radius 3 is 2.55 bits per heavy atom. The summed E-state index contributed by atoms with van der Waals surface area (Å²) >= 11 is 0. The third kappa shape index (κ3) is 3.38. The van der Waals surface area contributed by atoms with Crippen LogP contribution in [0.15, 0.2) is 35.5 Å². The van der Waals surface area contributed by atoms with Crippen LogP contribution in [0.2, 0.25) is 0 Å². The summed E-state index contributed by atoms with van der Waals surface area (Å²) in [6.07, 6.45) is 8.01. The maximum absolute atomic E-state index is 10.7. The molecular weight excluding hydrogens is 272 g/mol. The number of rotatable bonds is 0. The summed E-state index contributed by atoms with van der Waals surface area (Å²) in [6, 6.07) is 0. The largest absolute Gasteiger partial charge is 0.392 e. The van der Waals surface area contributed by atoms with Gasteiger partial charge in [-0.05, 0) is 57.3 Å². The molecule has 5 atom stereocenters. The molecule has 0 aromatic carbocycles. The van der Waals surface area contributed by atoms with Crippen LogP contribution < -0.4 is 0 Å². The molecule has 2 aliphatic carbocycles. The highest BCUT2D eigenvalue weighted by molar-refractivity contribution is 5.25. The van der Waals surface area contributed by atoms with E-state index in [4.69, 9.17) is 0 Å². The van der Waals surface area contributed by atoms with E-state index in [-0.39, 0.29) is 11.3 Å². The molecule has 0 amide bonds. The summed E-state index contributed by atoms with van der Waals surface area (Å²) in [6.45, 7) is 13.1. The molecule has 0 radical (unpaired) electrons. The lowest BCUT2D eigenvalue weighted by molar-refractivity contribution is -0.0175. The summed E-state index contributed by atoms with van der Waals surface area (Å²) < 4.78 is 0. The molecule has 124 valence electrons.